The van der Waals surface area contributed by atoms with Gasteiger partial charge in [-0.2, -0.15) is 0 Å². The molecule has 0 aliphatic carbocycles. The summed E-state index contributed by atoms with van der Waals surface area (Å²) in [6, 6.07) is 16.3. The van der Waals surface area contributed by atoms with E-state index in [0.717, 1.165) is 56.1 Å². The average Bonchev–Trinajstić information content (AvgIpc) is 3.03. The molecule has 1 saturated heterocycles. The number of ether oxygens (including phenoxy) is 3. The van der Waals surface area contributed by atoms with E-state index in [1.807, 2.05) is 41.3 Å². The lowest BCUT2D eigenvalue weighted by atomic mass is 9.99. The predicted octanol–water partition coefficient (Wildman–Crippen LogP) is 4.24. The van der Waals surface area contributed by atoms with Gasteiger partial charge in [-0.05, 0) is 48.4 Å². The van der Waals surface area contributed by atoms with Gasteiger partial charge in [-0.1, -0.05) is 36.4 Å². The Morgan fingerprint density at radius 2 is 1.67 bits per heavy atom. The standard InChI is InChI=1S/C25H31NO4/c27-25(10-8-20-7-9-23-24(17-20)30-14-4-13-29-23)26(18-21-5-2-1-3-6-21)19-22-11-15-28-16-12-22/h1-3,5-7,9,17,22H,4,8,10-16,18-19H2. The van der Waals surface area contributed by atoms with Crippen LogP contribution in [-0.4, -0.2) is 43.8 Å². The molecule has 0 unspecified atom stereocenters. The van der Waals surface area contributed by atoms with Gasteiger partial charge in [0, 0.05) is 39.1 Å². The van der Waals surface area contributed by atoms with Crippen molar-refractivity contribution >= 4 is 5.91 Å². The van der Waals surface area contributed by atoms with Crippen molar-refractivity contribution in [1.82, 2.24) is 4.90 Å². The van der Waals surface area contributed by atoms with Crippen LogP contribution in [0.4, 0.5) is 0 Å². The number of amides is 1. The molecule has 2 aliphatic heterocycles. The molecule has 2 aliphatic rings. The summed E-state index contributed by atoms with van der Waals surface area (Å²) >= 11 is 0. The fourth-order valence-corrected chi connectivity index (χ4v) is 4.07. The molecule has 1 amide bonds. The van der Waals surface area contributed by atoms with Gasteiger partial charge >= 0.3 is 0 Å². The largest absolute Gasteiger partial charge is 0.490 e. The first-order valence-corrected chi connectivity index (χ1v) is 11.1. The van der Waals surface area contributed by atoms with Crippen molar-refractivity contribution < 1.29 is 19.0 Å². The molecule has 5 nitrogen and oxygen atoms in total. The summed E-state index contributed by atoms with van der Waals surface area (Å²) in [7, 11) is 0. The smallest absolute Gasteiger partial charge is 0.223 e. The summed E-state index contributed by atoms with van der Waals surface area (Å²) in [5, 5.41) is 0. The normalized spacial score (nSPS) is 16.7. The van der Waals surface area contributed by atoms with Gasteiger partial charge in [0.25, 0.3) is 0 Å². The first-order valence-electron chi connectivity index (χ1n) is 11.1. The first-order chi connectivity index (χ1) is 14.8. The SMILES string of the molecule is O=C(CCc1ccc2c(c1)OCCCO2)N(Cc1ccccc1)CC1CCOCC1. The number of benzene rings is 2. The molecule has 30 heavy (non-hydrogen) atoms. The fourth-order valence-electron chi connectivity index (χ4n) is 4.07. The van der Waals surface area contributed by atoms with Crippen molar-refractivity contribution in [2.75, 3.05) is 33.0 Å². The third-order valence-corrected chi connectivity index (χ3v) is 5.83. The molecule has 0 aromatic heterocycles. The molecule has 1 fully saturated rings. The van der Waals surface area contributed by atoms with E-state index in [2.05, 4.69) is 12.1 Å². The third-order valence-electron chi connectivity index (χ3n) is 5.83. The number of hydrogen-bond acceptors (Lipinski definition) is 4. The molecule has 2 heterocycles. The zero-order chi connectivity index (χ0) is 20.6. The van der Waals surface area contributed by atoms with Gasteiger partial charge in [-0.15, -0.1) is 0 Å². The quantitative estimate of drug-likeness (QED) is 0.686. The fraction of sp³-hybridized carbons (Fsp3) is 0.480. The van der Waals surface area contributed by atoms with E-state index >= 15 is 0 Å². The molecule has 2 aromatic carbocycles. The highest BCUT2D eigenvalue weighted by Crippen LogP contribution is 2.31. The zero-order valence-corrected chi connectivity index (χ0v) is 17.6. The Morgan fingerprint density at radius 3 is 2.47 bits per heavy atom. The minimum absolute atomic E-state index is 0.206. The maximum absolute atomic E-state index is 13.2. The predicted molar refractivity (Wildman–Crippen MR) is 116 cm³/mol. The summed E-state index contributed by atoms with van der Waals surface area (Å²) in [6.07, 6.45) is 4.15. The van der Waals surface area contributed by atoms with Crippen LogP contribution in [0, 0.1) is 5.92 Å². The minimum Gasteiger partial charge on any atom is -0.490 e. The number of rotatable bonds is 7. The van der Waals surface area contributed by atoms with Gasteiger partial charge < -0.3 is 19.1 Å². The first kappa shape index (κ1) is 20.7. The van der Waals surface area contributed by atoms with Crippen molar-refractivity contribution in [3.05, 3.63) is 59.7 Å². The Bertz CT molecular complexity index is 817. The number of fused-ring (bicyclic) bond motifs is 1. The van der Waals surface area contributed by atoms with Crippen LogP contribution in [0.15, 0.2) is 48.5 Å². The van der Waals surface area contributed by atoms with Crippen LogP contribution in [0.5, 0.6) is 11.5 Å². The van der Waals surface area contributed by atoms with E-state index in [1.165, 1.54) is 5.56 Å². The highest BCUT2D eigenvalue weighted by molar-refractivity contribution is 5.76. The summed E-state index contributed by atoms with van der Waals surface area (Å²) in [5.41, 5.74) is 2.28. The van der Waals surface area contributed by atoms with Crippen LogP contribution in [0.1, 0.15) is 36.8 Å². The van der Waals surface area contributed by atoms with Crippen molar-refractivity contribution in [1.29, 1.82) is 0 Å². The maximum atomic E-state index is 13.2. The molecular weight excluding hydrogens is 378 g/mol. The third kappa shape index (κ3) is 5.76. The number of carbonyl (C=O) groups is 1. The summed E-state index contributed by atoms with van der Waals surface area (Å²) in [6.45, 7) is 4.43. The Balaban J connectivity index is 1.39. The van der Waals surface area contributed by atoms with Crippen molar-refractivity contribution in [3.8, 4) is 11.5 Å². The monoisotopic (exact) mass is 409 g/mol. The molecule has 0 bridgehead atoms. The van der Waals surface area contributed by atoms with Crippen molar-refractivity contribution in [3.63, 3.8) is 0 Å². The molecule has 0 radical (unpaired) electrons. The summed E-state index contributed by atoms with van der Waals surface area (Å²) < 4.78 is 17.0. The van der Waals surface area contributed by atoms with Gasteiger partial charge in [0.05, 0.1) is 13.2 Å². The number of carbonyl (C=O) groups excluding carboxylic acids is 1. The second kappa shape index (κ2) is 10.5. The lowest BCUT2D eigenvalue weighted by molar-refractivity contribution is -0.133. The molecule has 0 saturated carbocycles. The Hall–Kier alpha value is -2.53. The van der Waals surface area contributed by atoms with Crippen LogP contribution in [-0.2, 0) is 22.5 Å². The van der Waals surface area contributed by atoms with Gasteiger partial charge in [-0.25, -0.2) is 0 Å². The topological polar surface area (TPSA) is 48.0 Å². The molecule has 0 N–H and O–H groups in total. The summed E-state index contributed by atoms with van der Waals surface area (Å²) in [5.74, 6) is 2.32. The van der Waals surface area contributed by atoms with E-state index in [1.54, 1.807) is 0 Å². The lowest BCUT2D eigenvalue weighted by Gasteiger charge is -2.30. The molecule has 5 heteroatoms. The van der Waals surface area contributed by atoms with Gasteiger partial charge in [0.2, 0.25) is 5.91 Å². The van der Waals surface area contributed by atoms with Gasteiger partial charge in [0.1, 0.15) is 0 Å². The Labute approximate surface area is 178 Å². The van der Waals surface area contributed by atoms with Gasteiger partial charge in [0.15, 0.2) is 11.5 Å². The van der Waals surface area contributed by atoms with Gasteiger partial charge in [-0.3, -0.25) is 4.79 Å². The van der Waals surface area contributed by atoms with E-state index in [-0.39, 0.29) is 5.91 Å². The second-order valence-electron chi connectivity index (χ2n) is 8.15. The number of hydrogen-bond donors (Lipinski definition) is 0. The minimum atomic E-state index is 0.206. The van der Waals surface area contributed by atoms with Crippen molar-refractivity contribution in [2.24, 2.45) is 5.92 Å². The van der Waals surface area contributed by atoms with Crippen molar-refractivity contribution in [2.45, 2.75) is 38.6 Å². The van der Waals surface area contributed by atoms with E-state index in [4.69, 9.17) is 14.2 Å². The highest BCUT2D eigenvalue weighted by Gasteiger charge is 2.21. The molecule has 0 atom stereocenters. The average molecular weight is 410 g/mol. The van der Waals surface area contributed by atoms with E-state index in [9.17, 15) is 4.79 Å². The van der Waals surface area contributed by atoms with Crippen LogP contribution in [0.3, 0.4) is 0 Å². The maximum Gasteiger partial charge on any atom is 0.223 e. The molecular formula is C25H31NO4. The zero-order valence-electron chi connectivity index (χ0n) is 17.6. The van der Waals surface area contributed by atoms with Crippen LogP contribution in [0.25, 0.3) is 0 Å². The van der Waals surface area contributed by atoms with E-state index in [0.29, 0.717) is 38.5 Å². The lowest BCUT2D eigenvalue weighted by Crippen LogP contribution is -2.36. The highest BCUT2D eigenvalue weighted by atomic mass is 16.5. The Morgan fingerprint density at radius 1 is 0.900 bits per heavy atom. The second-order valence-corrected chi connectivity index (χ2v) is 8.15. The van der Waals surface area contributed by atoms with Crippen LogP contribution in [0.2, 0.25) is 0 Å². The Kier molecular flexibility index (Phi) is 7.25. The summed E-state index contributed by atoms with van der Waals surface area (Å²) in [4.78, 5) is 15.2. The van der Waals surface area contributed by atoms with Crippen LogP contribution < -0.4 is 9.47 Å². The van der Waals surface area contributed by atoms with Crippen LogP contribution >= 0.6 is 0 Å². The molecule has 2 aromatic rings. The number of nitrogens with zero attached hydrogens (tertiary/aromatic N) is 1. The molecule has 4 rings (SSSR count). The number of aryl methyl sites for hydroxylation is 1. The molecule has 160 valence electrons. The molecule has 0 spiro atoms. The van der Waals surface area contributed by atoms with E-state index < -0.39 is 0 Å².